The van der Waals surface area contributed by atoms with Gasteiger partial charge in [0.05, 0.1) is 31.8 Å². The number of aryl methyl sites for hydroxylation is 1. The molecule has 144 valence electrons. The Morgan fingerprint density at radius 1 is 1.25 bits per heavy atom. The van der Waals surface area contributed by atoms with Gasteiger partial charge in [0.25, 0.3) is 0 Å². The van der Waals surface area contributed by atoms with Crippen molar-refractivity contribution in [1.82, 2.24) is 20.0 Å². The zero-order valence-corrected chi connectivity index (χ0v) is 15.6. The van der Waals surface area contributed by atoms with Crippen LogP contribution in [0.25, 0.3) is 5.69 Å². The van der Waals surface area contributed by atoms with Crippen molar-refractivity contribution in [2.24, 2.45) is 0 Å². The zero-order chi connectivity index (χ0) is 19.8. The summed E-state index contributed by atoms with van der Waals surface area (Å²) >= 11 is 0. The molecule has 4 rings (SSSR count). The minimum atomic E-state index is -0.528. The van der Waals surface area contributed by atoms with E-state index in [0.717, 1.165) is 22.7 Å². The molecule has 0 fully saturated rings. The first-order chi connectivity index (χ1) is 13.5. The third-order valence-electron chi connectivity index (χ3n) is 4.85. The number of benzene rings is 1. The molecule has 3 aromatic rings. The van der Waals surface area contributed by atoms with E-state index in [1.165, 1.54) is 7.11 Å². The van der Waals surface area contributed by atoms with E-state index in [1.54, 1.807) is 18.0 Å². The van der Waals surface area contributed by atoms with Crippen LogP contribution in [0, 0.1) is 6.92 Å². The number of H-pyrrole nitrogens is 1. The molecule has 0 bridgehead atoms. The second kappa shape index (κ2) is 6.84. The second-order valence-electron chi connectivity index (χ2n) is 6.45. The van der Waals surface area contributed by atoms with Crippen LogP contribution in [0.3, 0.4) is 0 Å². The maximum Gasteiger partial charge on any atom is 0.356 e. The van der Waals surface area contributed by atoms with E-state index in [1.807, 2.05) is 31.2 Å². The standard InChI is InChI=1S/C19H19N5O4/c1-10-16-13(14-9-20-22-17(14)19(26)28-3)8-15(25)21-18(16)24(23-10)11-4-6-12(27-2)7-5-11/h4-7,9,13H,8H2,1-3H3,(H,20,22)(H,21,25). The molecule has 1 aliphatic rings. The van der Waals surface area contributed by atoms with Gasteiger partial charge in [0.1, 0.15) is 17.3 Å². The van der Waals surface area contributed by atoms with Gasteiger partial charge in [0.15, 0.2) is 0 Å². The Labute approximate surface area is 160 Å². The highest BCUT2D eigenvalue weighted by Crippen LogP contribution is 2.41. The number of hydrogen-bond donors (Lipinski definition) is 2. The number of fused-ring (bicyclic) bond motifs is 1. The third kappa shape index (κ3) is 2.81. The molecule has 1 unspecified atom stereocenters. The minimum absolute atomic E-state index is 0.163. The summed E-state index contributed by atoms with van der Waals surface area (Å²) in [7, 11) is 2.91. The number of rotatable bonds is 4. The van der Waals surface area contributed by atoms with Crippen molar-refractivity contribution < 1.29 is 19.1 Å². The fourth-order valence-electron chi connectivity index (χ4n) is 3.55. The molecule has 0 saturated carbocycles. The van der Waals surface area contributed by atoms with Gasteiger partial charge in [-0.1, -0.05) is 0 Å². The summed E-state index contributed by atoms with van der Waals surface area (Å²) in [5, 5.41) is 14.2. The first kappa shape index (κ1) is 17.8. The highest BCUT2D eigenvalue weighted by atomic mass is 16.5. The first-order valence-corrected chi connectivity index (χ1v) is 8.68. The van der Waals surface area contributed by atoms with Crippen LogP contribution >= 0.6 is 0 Å². The molecular formula is C19H19N5O4. The molecule has 9 heteroatoms. The van der Waals surface area contributed by atoms with Crippen LogP contribution in [-0.2, 0) is 9.53 Å². The monoisotopic (exact) mass is 381 g/mol. The fourth-order valence-corrected chi connectivity index (χ4v) is 3.55. The molecule has 3 heterocycles. The van der Waals surface area contributed by atoms with Crippen LogP contribution in [0.2, 0.25) is 0 Å². The van der Waals surface area contributed by atoms with Gasteiger partial charge in [0.2, 0.25) is 5.91 Å². The maximum absolute atomic E-state index is 12.5. The molecule has 1 atom stereocenters. The van der Waals surface area contributed by atoms with Gasteiger partial charge in [-0.25, -0.2) is 9.48 Å². The van der Waals surface area contributed by atoms with Crippen molar-refractivity contribution in [3.05, 3.63) is 53.0 Å². The number of hydrogen-bond acceptors (Lipinski definition) is 6. The highest BCUT2D eigenvalue weighted by molar-refractivity contribution is 5.96. The van der Waals surface area contributed by atoms with E-state index in [2.05, 4.69) is 20.6 Å². The number of aromatic amines is 1. The molecule has 0 radical (unpaired) electrons. The molecule has 0 aliphatic carbocycles. The lowest BCUT2D eigenvalue weighted by Gasteiger charge is -2.24. The number of carbonyl (C=O) groups is 2. The number of methoxy groups -OCH3 is 2. The lowest BCUT2D eigenvalue weighted by Crippen LogP contribution is -2.25. The van der Waals surface area contributed by atoms with Crippen molar-refractivity contribution in [2.45, 2.75) is 19.3 Å². The van der Waals surface area contributed by atoms with Crippen molar-refractivity contribution in [1.29, 1.82) is 0 Å². The van der Waals surface area contributed by atoms with Crippen LogP contribution in [0.1, 0.15) is 39.6 Å². The van der Waals surface area contributed by atoms with Crippen molar-refractivity contribution in [2.75, 3.05) is 19.5 Å². The molecule has 2 aromatic heterocycles. The van der Waals surface area contributed by atoms with Crippen LogP contribution in [0.5, 0.6) is 5.75 Å². The van der Waals surface area contributed by atoms with Gasteiger partial charge in [-0.3, -0.25) is 9.89 Å². The Balaban J connectivity index is 1.84. The van der Waals surface area contributed by atoms with Crippen molar-refractivity contribution in [3.8, 4) is 11.4 Å². The number of esters is 1. The lowest BCUT2D eigenvalue weighted by atomic mass is 9.86. The molecule has 9 nitrogen and oxygen atoms in total. The average molecular weight is 381 g/mol. The molecule has 2 N–H and O–H groups in total. The fraction of sp³-hybridized carbons (Fsp3) is 0.263. The van der Waals surface area contributed by atoms with E-state index in [4.69, 9.17) is 9.47 Å². The number of carbonyl (C=O) groups excluding carboxylic acids is 2. The second-order valence-corrected chi connectivity index (χ2v) is 6.45. The Bertz CT molecular complexity index is 1050. The van der Waals surface area contributed by atoms with E-state index in [-0.39, 0.29) is 23.9 Å². The smallest absolute Gasteiger partial charge is 0.356 e. The first-order valence-electron chi connectivity index (χ1n) is 8.68. The Kier molecular flexibility index (Phi) is 4.34. The number of anilines is 1. The zero-order valence-electron chi connectivity index (χ0n) is 15.6. The largest absolute Gasteiger partial charge is 0.497 e. The maximum atomic E-state index is 12.5. The van der Waals surface area contributed by atoms with E-state index in [0.29, 0.717) is 11.4 Å². The summed E-state index contributed by atoms with van der Waals surface area (Å²) in [4.78, 5) is 24.5. The average Bonchev–Trinajstić information content (AvgIpc) is 3.32. The predicted molar refractivity (Wildman–Crippen MR) is 99.9 cm³/mol. The van der Waals surface area contributed by atoms with Gasteiger partial charge < -0.3 is 14.8 Å². The Morgan fingerprint density at radius 2 is 2.00 bits per heavy atom. The van der Waals surface area contributed by atoms with Crippen LogP contribution < -0.4 is 10.1 Å². The minimum Gasteiger partial charge on any atom is -0.497 e. The summed E-state index contributed by atoms with van der Waals surface area (Å²) in [6.45, 7) is 1.88. The van der Waals surface area contributed by atoms with Crippen molar-refractivity contribution >= 4 is 17.7 Å². The van der Waals surface area contributed by atoms with Crippen LogP contribution in [0.4, 0.5) is 5.82 Å². The number of nitrogens with one attached hydrogen (secondary N) is 2. The quantitative estimate of drug-likeness (QED) is 0.670. The molecule has 1 aromatic carbocycles. The molecule has 0 spiro atoms. The van der Waals surface area contributed by atoms with Gasteiger partial charge >= 0.3 is 5.97 Å². The molecule has 0 saturated heterocycles. The van der Waals surface area contributed by atoms with Gasteiger partial charge in [-0.2, -0.15) is 10.2 Å². The summed E-state index contributed by atoms with van der Waals surface area (Å²) in [5.41, 5.74) is 3.24. The van der Waals surface area contributed by atoms with E-state index >= 15 is 0 Å². The normalized spacial score (nSPS) is 15.7. The lowest BCUT2D eigenvalue weighted by molar-refractivity contribution is -0.116. The van der Waals surface area contributed by atoms with Crippen LogP contribution in [-0.4, -0.2) is 46.1 Å². The Morgan fingerprint density at radius 3 is 2.68 bits per heavy atom. The van der Waals surface area contributed by atoms with Crippen LogP contribution in [0.15, 0.2) is 30.5 Å². The van der Waals surface area contributed by atoms with Crippen molar-refractivity contribution in [3.63, 3.8) is 0 Å². The van der Waals surface area contributed by atoms with Gasteiger partial charge in [-0.15, -0.1) is 0 Å². The van der Waals surface area contributed by atoms with Gasteiger partial charge in [-0.05, 0) is 31.2 Å². The van der Waals surface area contributed by atoms with E-state index in [9.17, 15) is 9.59 Å². The Hall–Kier alpha value is -3.62. The molecule has 28 heavy (non-hydrogen) atoms. The predicted octanol–water partition coefficient (Wildman–Crippen LogP) is 2.17. The van der Waals surface area contributed by atoms with Gasteiger partial charge in [0, 0.05) is 23.5 Å². The van der Waals surface area contributed by atoms with E-state index < -0.39 is 5.97 Å². The SMILES string of the molecule is COC(=O)c1[nH]ncc1C1CC(=O)Nc2c1c(C)nn2-c1ccc(OC)cc1. The molecule has 1 aliphatic heterocycles. The summed E-state index contributed by atoms with van der Waals surface area (Å²) < 4.78 is 11.7. The molecular weight excluding hydrogens is 362 g/mol. The topological polar surface area (TPSA) is 111 Å². The third-order valence-corrected chi connectivity index (χ3v) is 4.85. The number of nitrogens with zero attached hydrogens (tertiary/aromatic N) is 3. The number of amides is 1. The highest BCUT2D eigenvalue weighted by Gasteiger charge is 2.35. The number of aromatic nitrogens is 4. The summed E-state index contributed by atoms with van der Waals surface area (Å²) in [6.07, 6.45) is 1.75. The summed E-state index contributed by atoms with van der Waals surface area (Å²) in [5.74, 6) is 0.262. The molecule has 1 amide bonds. The number of ether oxygens (including phenoxy) is 2. The summed E-state index contributed by atoms with van der Waals surface area (Å²) in [6, 6.07) is 7.37.